The van der Waals surface area contributed by atoms with Gasteiger partial charge in [0.15, 0.2) is 0 Å². The Morgan fingerprint density at radius 2 is 1.37 bits per heavy atom. The van der Waals surface area contributed by atoms with Crippen molar-refractivity contribution >= 4 is 29.0 Å². The lowest BCUT2D eigenvalue weighted by Gasteiger charge is -2.21. The lowest BCUT2D eigenvalue weighted by molar-refractivity contribution is 0.102. The van der Waals surface area contributed by atoms with Gasteiger partial charge in [-0.25, -0.2) is 4.79 Å². The van der Waals surface area contributed by atoms with Crippen molar-refractivity contribution in [1.29, 1.82) is 0 Å². The molecule has 2 rings (SSSR count). The molecule has 0 fully saturated rings. The fourth-order valence-electron chi connectivity index (χ4n) is 2.68. The molecule has 0 radical (unpaired) electrons. The van der Waals surface area contributed by atoms with Gasteiger partial charge in [0.2, 0.25) is 0 Å². The number of urea groups is 1. The van der Waals surface area contributed by atoms with Gasteiger partial charge >= 0.3 is 6.03 Å². The lowest BCUT2D eigenvalue weighted by atomic mass is 10.2. The minimum atomic E-state index is -0.268. The first-order valence-corrected chi connectivity index (χ1v) is 9.26. The minimum absolute atomic E-state index is 0.0585. The summed E-state index contributed by atoms with van der Waals surface area (Å²) in [5.74, 6) is -0.191. The highest BCUT2D eigenvalue weighted by Crippen LogP contribution is 2.18. The third kappa shape index (κ3) is 6.02. The molecule has 2 aromatic rings. The maximum absolute atomic E-state index is 12.4. The van der Waals surface area contributed by atoms with Crippen molar-refractivity contribution in [2.45, 2.75) is 33.7 Å². The SMILES string of the molecule is CCN(CC)c1ccc(NC(=O)c2ccc(NC(=O)NC(C)C)cc2)cc1. The van der Waals surface area contributed by atoms with Crippen LogP contribution in [0.4, 0.5) is 21.9 Å². The maximum Gasteiger partial charge on any atom is 0.319 e. The van der Waals surface area contributed by atoms with E-state index in [1.807, 2.05) is 38.1 Å². The molecule has 0 aliphatic rings. The van der Waals surface area contributed by atoms with Crippen molar-refractivity contribution in [1.82, 2.24) is 5.32 Å². The quantitative estimate of drug-likeness (QED) is 0.682. The van der Waals surface area contributed by atoms with E-state index in [4.69, 9.17) is 0 Å². The Hall–Kier alpha value is -3.02. The van der Waals surface area contributed by atoms with E-state index >= 15 is 0 Å². The highest BCUT2D eigenvalue weighted by Gasteiger charge is 2.08. The molecule has 0 heterocycles. The van der Waals surface area contributed by atoms with Crippen molar-refractivity contribution < 1.29 is 9.59 Å². The Morgan fingerprint density at radius 3 is 1.89 bits per heavy atom. The molecular weight excluding hydrogens is 340 g/mol. The average Bonchev–Trinajstić information content (AvgIpc) is 2.64. The van der Waals surface area contributed by atoms with Crippen LogP contribution in [-0.4, -0.2) is 31.1 Å². The van der Waals surface area contributed by atoms with Gasteiger partial charge in [-0.05, 0) is 76.2 Å². The Kier molecular flexibility index (Phi) is 7.23. The molecule has 0 saturated carbocycles. The van der Waals surface area contributed by atoms with Crippen LogP contribution in [0, 0.1) is 0 Å². The van der Waals surface area contributed by atoms with Gasteiger partial charge in [0, 0.05) is 41.8 Å². The zero-order chi connectivity index (χ0) is 19.8. The predicted molar refractivity (Wildman–Crippen MR) is 112 cm³/mol. The van der Waals surface area contributed by atoms with Crippen molar-refractivity contribution in [2.24, 2.45) is 0 Å². The topological polar surface area (TPSA) is 73.5 Å². The minimum Gasteiger partial charge on any atom is -0.372 e. The number of benzene rings is 2. The van der Waals surface area contributed by atoms with E-state index in [2.05, 4.69) is 34.7 Å². The molecule has 2 aromatic carbocycles. The summed E-state index contributed by atoms with van der Waals surface area (Å²) in [5, 5.41) is 8.37. The summed E-state index contributed by atoms with van der Waals surface area (Å²) < 4.78 is 0. The number of anilines is 3. The number of nitrogens with one attached hydrogen (secondary N) is 3. The molecule has 6 heteroatoms. The van der Waals surface area contributed by atoms with E-state index in [0.29, 0.717) is 11.3 Å². The molecule has 0 bridgehead atoms. The van der Waals surface area contributed by atoms with Crippen LogP contribution in [0.25, 0.3) is 0 Å². The molecule has 0 aliphatic carbocycles. The summed E-state index contributed by atoms with van der Waals surface area (Å²) >= 11 is 0. The molecule has 0 aromatic heterocycles. The molecule has 0 atom stereocenters. The van der Waals surface area contributed by atoms with Gasteiger partial charge in [0.05, 0.1) is 0 Å². The van der Waals surface area contributed by atoms with E-state index in [1.54, 1.807) is 24.3 Å². The monoisotopic (exact) mass is 368 g/mol. The van der Waals surface area contributed by atoms with Gasteiger partial charge in [-0.1, -0.05) is 0 Å². The van der Waals surface area contributed by atoms with Gasteiger partial charge in [-0.3, -0.25) is 4.79 Å². The largest absolute Gasteiger partial charge is 0.372 e. The molecular formula is C21H28N4O2. The molecule has 0 saturated heterocycles. The second kappa shape index (κ2) is 9.62. The average molecular weight is 368 g/mol. The van der Waals surface area contributed by atoms with E-state index < -0.39 is 0 Å². The third-order valence-corrected chi connectivity index (χ3v) is 4.08. The number of carbonyl (C=O) groups excluding carboxylic acids is 2. The van der Waals surface area contributed by atoms with Gasteiger partial charge in [-0.15, -0.1) is 0 Å². The number of amides is 3. The van der Waals surface area contributed by atoms with Crippen LogP contribution in [0.1, 0.15) is 38.1 Å². The summed E-state index contributed by atoms with van der Waals surface area (Å²) in [6.07, 6.45) is 0. The molecule has 27 heavy (non-hydrogen) atoms. The van der Waals surface area contributed by atoms with Crippen LogP contribution in [0.3, 0.4) is 0 Å². The smallest absolute Gasteiger partial charge is 0.319 e. The van der Waals surface area contributed by atoms with E-state index in [-0.39, 0.29) is 18.0 Å². The fourth-order valence-corrected chi connectivity index (χ4v) is 2.68. The molecule has 0 unspecified atom stereocenters. The maximum atomic E-state index is 12.4. The van der Waals surface area contributed by atoms with Crippen molar-refractivity contribution in [2.75, 3.05) is 28.6 Å². The van der Waals surface area contributed by atoms with E-state index in [9.17, 15) is 9.59 Å². The van der Waals surface area contributed by atoms with Crippen LogP contribution < -0.4 is 20.9 Å². The van der Waals surface area contributed by atoms with Crippen LogP contribution >= 0.6 is 0 Å². The Balaban J connectivity index is 1.96. The summed E-state index contributed by atoms with van der Waals surface area (Å²) in [5.41, 5.74) is 3.04. The van der Waals surface area contributed by atoms with Gasteiger partial charge in [-0.2, -0.15) is 0 Å². The van der Waals surface area contributed by atoms with Crippen LogP contribution in [-0.2, 0) is 0 Å². The second-order valence-electron chi connectivity index (χ2n) is 6.50. The molecule has 3 amide bonds. The Bertz CT molecular complexity index is 751. The highest BCUT2D eigenvalue weighted by molar-refractivity contribution is 6.04. The van der Waals surface area contributed by atoms with Crippen molar-refractivity contribution in [3.8, 4) is 0 Å². The fraction of sp³-hybridized carbons (Fsp3) is 0.333. The molecule has 144 valence electrons. The standard InChI is InChI=1S/C21H28N4O2/c1-5-25(6-2)19-13-11-17(12-14-19)23-20(26)16-7-9-18(10-8-16)24-21(27)22-15(3)4/h7-15H,5-6H2,1-4H3,(H,23,26)(H2,22,24,27). The molecule has 3 N–H and O–H groups in total. The number of rotatable bonds is 7. The summed E-state index contributed by atoms with van der Waals surface area (Å²) in [6.45, 7) is 9.90. The van der Waals surface area contributed by atoms with Crippen LogP contribution in [0.5, 0.6) is 0 Å². The van der Waals surface area contributed by atoms with Gasteiger partial charge in [0.1, 0.15) is 0 Å². The first-order valence-electron chi connectivity index (χ1n) is 9.26. The second-order valence-corrected chi connectivity index (χ2v) is 6.50. The van der Waals surface area contributed by atoms with E-state index in [0.717, 1.165) is 24.5 Å². The number of carbonyl (C=O) groups is 2. The zero-order valence-corrected chi connectivity index (χ0v) is 16.4. The van der Waals surface area contributed by atoms with Gasteiger partial charge < -0.3 is 20.9 Å². The Labute approximate surface area is 161 Å². The molecule has 0 aliphatic heterocycles. The normalized spacial score (nSPS) is 10.4. The van der Waals surface area contributed by atoms with Crippen molar-refractivity contribution in [3.05, 3.63) is 54.1 Å². The Morgan fingerprint density at radius 1 is 0.852 bits per heavy atom. The van der Waals surface area contributed by atoms with E-state index in [1.165, 1.54) is 0 Å². The molecule has 6 nitrogen and oxygen atoms in total. The van der Waals surface area contributed by atoms with Crippen molar-refractivity contribution in [3.63, 3.8) is 0 Å². The summed E-state index contributed by atoms with van der Waals surface area (Å²) in [4.78, 5) is 26.3. The summed E-state index contributed by atoms with van der Waals surface area (Å²) in [6, 6.07) is 14.4. The zero-order valence-electron chi connectivity index (χ0n) is 16.4. The third-order valence-electron chi connectivity index (χ3n) is 4.08. The first-order chi connectivity index (χ1) is 12.9. The summed E-state index contributed by atoms with van der Waals surface area (Å²) in [7, 11) is 0. The highest BCUT2D eigenvalue weighted by atomic mass is 16.2. The number of hydrogen-bond acceptors (Lipinski definition) is 3. The number of hydrogen-bond donors (Lipinski definition) is 3. The van der Waals surface area contributed by atoms with Crippen LogP contribution in [0.2, 0.25) is 0 Å². The lowest BCUT2D eigenvalue weighted by Crippen LogP contribution is -2.34. The molecule has 0 spiro atoms. The predicted octanol–water partition coefficient (Wildman–Crippen LogP) is 4.32. The van der Waals surface area contributed by atoms with Gasteiger partial charge in [0.25, 0.3) is 5.91 Å². The number of nitrogens with zero attached hydrogens (tertiary/aromatic N) is 1. The first kappa shape index (κ1) is 20.3. The van der Waals surface area contributed by atoms with Crippen LogP contribution in [0.15, 0.2) is 48.5 Å².